The summed E-state index contributed by atoms with van der Waals surface area (Å²) < 4.78 is 5.37. The summed E-state index contributed by atoms with van der Waals surface area (Å²) in [4.78, 5) is 39.0. The number of anilines is 1. The van der Waals surface area contributed by atoms with Crippen molar-refractivity contribution in [1.29, 1.82) is 0 Å². The standard InChI is InChI=1S/C25H32N4O3/c1-17-20-10-11-21(30)29(15-12-18-8-6-5-7-9-18)23(20)27-22(26-17)19-13-14-28(16-19)24(31)25(2,3)32-4/h5-9,19H,10-16H2,1-4H3/t19-/m1/s1. The number of benzene rings is 1. The number of amides is 2. The van der Waals surface area contributed by atoms with E-state index in [4.69, 9.17) is 14.7 Å². The van der Waals surface area contributed by atoms with E-state index in [0.717, 1.165) is 35.7 Å². The Morgan fingerprint density at radius 2 is 1.94 bits per heavy atom. The molecule has 0 spiro atoms. The Morgan fingerprint density at radius 3 is 2.66 bits per heavy atom. The molecular formula is C25H32N4O3. The number of aryl methyl sites for hydroxylation is 1. The molecule has 0 bridgehead atoms. The molecule has 0 aliphatic carbocycles. The molecule has 7 nitrogen and oxygen atoms in total. The second-order valence-electron chi connectivity index (χ2n) is 9.20. The van der Waals surface area contributed by atoms with Crippen LogP contribution in [0.3, 0.4) is 0 Å². The molecule has 2 aliphatic heterocycles. The van der Waals surface area contributed by atoms with Crippen molar-refractivity contribution in [2.75, 3.05) is 31.6 Å². The third kappa shape index (κ3) is 4.39. The summed E-state index contributed by atoms with van der Waals surface area (Å²) in [7, 11) is 1.56. The summed E-state index contributed by atoms with van der Waals surface area (Å²) in [6.45, 7) is 7.41. The van der Waals surface area contributed by atoms with E-state index in [-0.39, 0.29) is 17.7 Å². The molecule has 0 radical (unpaired) electrons. The highest BCUT2D eigenvalue weighted by Gasteiger charge is 2.38. The summed E-state index contributed by atoms with van der Waals surface area (Å²) >= 11 is 0. The molecule has 4 rings (SSSR count). The van der Waals surface area contributed by atoms with Gasteiger partial charge < -0.3 is 9.64 Å². The fourth-order valence-electron chi connectivity index (χ4n) is 4.53. The molecule has 2 aromatic rings. The van der Waals surface area contributed by atoms with Gasteiger partial charge in [0.1, 0.15) is 17.2 Å². The first-order valence-electron chi connectivity index (χ1n) is 11.4. The van der Waals surface area contributed by atoms with E-state index in [0.29, 0.717) is 32.5 Å². The second-order valence-corrected chi connectivity index (χ2v) is 9.20. The van der Waals surface area contributed by atoms with Crippen LogP contribution in [-0.4, -0.2) is 59.0 Å². The molecular weight excluding hydrogens is 404 g/mol. The largest absolute Gasteiger partial charge is 0.369 e. The van der Waals surface area contributed by atoms with E-state index in [1.54, 1.807) is 21.0 Å². The zero-order chi connectivity index (χ0) is 22.9. The van der Waals surface area contributed by atoms with Crippen molar-refractivity contribution in [3.05, 3.63) is 53.0 Å². The van der Waals surface area contributed by atoms with Crippen molar-refractivity contribution in [3.63, 3.8) is 0 Å². The summed E-state index contributed by atoms with van der Waals surface area (Å²) in [5.74, 6) is 1.64. The monoisotopic (exact) mass is 436 g/mol. The predicted octanol–water partition coefficient (Wildman–Crippen LogP) is 3.05. The topological polar surface area (TPSA) is 75.6 Å². The summed E-state index contributed by atoms with van der Waals surface area (Å²) in [6.07, 6.45) is 2.76. The minimum atomic E-state index is -0.845. The fourth-order valence-corrected chi connectivity index (χ4v) is 4.53. The normalized spacial score (nSPS) is 18.8. The van der Waals surface area contributed by atoms with E-state index in [1.165, 1.54) is 5.56 Å². The minimum Gasteiger partial charge on any atom is -0.369 e. The van der Waals surface area contributed by atoms with Crippen LogP contribution in [0.15, 0.2) is 30.3 Å². The molecule has 0 unspecified atom stereocenters. The van der Waals surface area contributed by atoms with Gasteiger partial charge in [0.15, 0.2) is 0 Å². The van der Waals surface area contributed by atoms with Gasteiger partial charge in [-0.3, -0.25) is 14.5 Å². The quantitative estimate of drug-likeness (QED) is 0.696. The average Bonchev–Trinajstić information content (AvgIpc) is 3.28. The lowest BCUT2D eigenvalue weighted by molar-refractivity contribution is -0.149. The van der Waals surface area contributed by atoms with Gasteiger partial charge in [-0.2, -0.15) is 0 Å². The smallest absolute Gasteiger partial charge is 0.254 e. The third-order valence-corrected chi connectivity index (χ3v) is 6.69. The fraction of sp³-hybridized carbons (Fsp3) is 0.520. The number of rotatable bonds is 6. The predicted molar refractivity (Wildman–Crippen MR) is 123 cm³/mol. The second kappa shape index (κ2) is 8.98. The Morgan fingerprint density at radius 1 is 1.19 bits per heavy atom. The van der Waals surface area contributed by atoms with Gasteiger partial charge in [-0.15, -0.1) is 0 Å². The van der Waals surface area contributed by atoms with Crippen LogP contribution in [0.2, 0.25) is 0 Å². The number of ether oxygens (including phenoxy) is 1. The molecule has 2 amide bonds. The van der Waals surface area contributed by atoms with Gasteiger partial charge in [0.2, 0.25) is 5.91 Å². The molecule has 1 atom stereocenters. The maximum absolute atomic E-state index is 12.8. The zero-order valence-corrected chi connectivity index (χ0v) is 19.4. The van der Waals surface area contributed by atoms with Crippen LogP contribution >= 0.6 is 0 Å². The third-order valence-electron chi connectivity index (χ3n) is 6.69. The van der Waals surface area contributed by atoms with Crippen molar-refractivity contribution in [3.8, 4) is 0 Å². The van der Waals surface area contributed by atoms with Crippen LogP contribution in [-0.2, 0) is 27.2 Å². The Kier molecular flexibility index (Phi) is 6.29. The summed E-state index contributed by atoms with van der Waals surface area (Å²) in [5.41, 5.74) is 2.35. The number of aromatic nitrogens is 2. The first-order chi connectivity index (χ1) is 15.3. The highest BCUT2D eigenvalue weighted by Crippen LogP contribution is 2.33. The van der Waals surface area contributed by atoms with E-state index in [2.05, 4.69) is 12.1 Å². The summed E-state index contributed by atoms with van der Waals surface area (Å²) in [6, 6.07) is 10.2. The lowest BCUT2D eigenvalue weighted by Gasteiger charge is -2.30. The Bertz CT molecular complexity index is 1010. The van der Waals surface area contributed by atoms with Crippen molar-refractivity contribution < 1.29 is 14.3 Å². The number of hydrogen-bond donors (Lipinski definition) is 0. The van der Waals surface area contributed by atoms with E-state index in [9.17, 15) is 9.59 Å². The molecule has 32 heavy (non-hydrogen) atoms. The van der Waals surface area contributed by atoms with Gasteiger partial charge in [0.25, 0.3) is 5.91 Å². The minimum absolute atomic E-state index is 0.0168. The van der Waals surface area contributed by atoms with Crippen LogP contribution in [0.1, 0.15) is 55.3 Å². The van der Waals surface area contributed by atoms with Crippen molar-refractivity contribution >= 4 is 17.6 Å². The number of fused-ring (bicyclic) bond motifs is 1. The number of hydrogen-bond acceptors (Lipinski definition) is 5. The molecule has 3 heterocycles. The van der Waals surface area contributed by atoms with Crippen LogP contribution < -0.4 is 4.90 Å². The van der Waals surface area contributed by atoms with Crippen molar-refractivity contribution in [2.24, 2.45) is 0 Å². The SMILES string of the molecule is COC(C)(C)C(=O)N1CC[C@@H](c2nc(C)c3c(n2)N(CCc2ccccc2)C(=O)CC3)C1. The molecule has 7 heteroatoms. The molecule has 1 aromatic heterocycles. The number of methoxy groups -OCH3 is 1. The van der Waals surface area contributed by atoms with Gasteiger partial charge in [-0.1, -0.05) is 30.3 Å². The molecule has 0 saturated carbocycles. The summed E-state index contributed by atoms with van der Waals surface area (Å²) in [5, 5.41) is 0. The Labute approximate surface area is 189 Å². The Balaban J connectivity index is 1.56. The molecule has 0 N–H and O–H groups in total. The van der Waals surface area contributed by atoms with Crippen LogP contribution in [0, 0.1) is 6.92 Å². The maximum atomic E-state index is 12.8. The highest BCUT2D eigenvalue weighted by atomic mass is 16.5. The van der Waals surface area contributed by atoms with E-state index >= 15 is 0 Å². The molecule has 2 aliphatic rings. The molecule has 1 fully saturated rings. The first kappa shape index (κ1) is 22.4. The van der Waals surface area contributed by atoms with Gasteiger partial charge in [-0.05, 0) is 45.6 Å². The maximum Gasteiger partial charge on any atom is 0.254 e. The van der Waals surface area contributed by atoms with E-state index in [1.807, 2.05) is 34.9 Å². The average molecular weight is 437 g/mol. The number of carbonyl (C=O) groups is 2. The van der Waals surface area contributed by atoms with Crippen molar-refractivity contribution in [2.45, 2.75) is 58.0 Å². The van der Waals surface area contributed by atoms with Crippen LogP contribution in [0.5, 0.6) is 0 Å². The molecule has 170 valence electrons. The van der Waals surface area contributed by atoms with Gasteiger partial charge in [-0.25, -0.2) is 9.97 Å². The van der Waals surface area contributed by atoms with E-state index < -0.39 is 5.60 Å². The lowest BCUT2D eigenvalue weighted by atomic mass is 10.0. The van der Waals surface area contributed by atoms with Crippen molar-refractivity contribution in [1.82, 2.24) is 14.9 Å². The lowest BCUT2D eigenvalue weighted by Crippen LogP contribution is -2.45. The van der Waals surface area contributed by atoms with Crippen LogP contribution in [0.25, 0.3) is 0 Å². The number of likely N-dealkylation sites (tertiary alicyclic amines) is 1. The van der Waals surface area contributed by atoms with Gasteiger partial charge >= 0.3 is 0 Å². The Hall–Kier alpha value is -2.80. The number of nitrogens with zero attached hydrogens (tertiary/aromatic N) is 4. The zero-order valence-electron chi connectivity index (χ0n) is 19.4. The van der Waals surface area contributed by atoms with Gasteiger partial charge in [0.05, 0.1) is 0 Å². The number of carbonyl (C=O) groups excluding carboxylic acids is 2. The first-order valence-corrected chi connectivity index (χ1v) is 11.4. The highest BCUT2D eigenvalue weighted by molar-refractivity contribution is 5.95. The molecule has 1 aromatic carbocycles. The molecule has 1 saturated heterocycles. The van der Waals surface area contributed by atoms with Gasteiger partial charge in [0, 0.05) is 50.3 Å². The van der Waals surface area contributed by atoms with Crippen LogP contribution in [0.4, 0.5) is 5.82 Å².